The highest BCUT2D eigenvalue weighted by Crippen LogP contribution is 2.24. The number of nitrogens with one attached hydrogen (secondary N) is 1. The van der Waals surface area contributed by atoms with Crippen molar-refractivity contribution in [2.24, 2.45) is 11.1 Å². The van der Waals surface area contributed by atoms with Gasteiger partial charge in [-0.2, -0.15) is 0 Å². The zero-order chi connectivity index (χ0) is 18.4. The predicted octanol–water partition coefficient (Wildman–Crippen LogP) is 3.67. The summed E-state index contributed by atoms with van der Waals surface area (Å²) in [5, 5.41) is 0. The van der Waals surface area contributed by atoms with E-state index in [1.165, 1.54) is 12.1 Å². The maximum atomic E-state index is 13.0. The predicted molar refractivity (Wildman–Crippen MR) is 93.2 cm³/mol. The zero-order valence-corrected chi connectivity index (χ0v) is 14.6. The van der Waals surface area contributed by atoms with Crippen LogP contribution in [0.25, 0.3) is 0 Å². The van der Waals surface area contributed by atoms with Crippen LogP contribution in [0.4, 0.5) is 4.39 Å². The van der Waals surface area contributed by atoms with Gasteiger partial charge in [-0.25, -0.2) is 9.18 Å². The van der Waals surface area contributed by atoms with Gasteiger partial charge in [0.15, 0.2) is 0 Å². The van der Waals surface area contributed by atoms with Gasteiger partial charge in [0.1, 0.15) is 17.3 Å². The number of hydroxylamine groups is 1. The molecule has 0 saturated heterocycles. The lowest BCUT2D eigenvalue weighted by molar-refractivity contribution is -0.161. The van der Waals surface area contributed by atoms with E-state index in [9.17, 15) is 9.18 Å². The van der Waals surface area contributed by atoms with E-state index < -0.39 is 5.41 Å². The molecule has 3 N–H and O–H groups in total. The number of carbonyl (C=O) groups is 1. The second-order valence-electron chi connectivity index (χ2n) is 6.71. The van der Waals surface area contributed by atoms with E-state index in [2.05, 4.69) is 5.48 Å². The van der Waals surface area contributed by atoms with Crippen LogP contribution in [0.5, 0.6) is 11.5 Å². The van der Waals surface area contributed by atoms with Crippen molar-refractivity contribution in [2.45, 2.75) is 33.9 Å². The molecule has 0 spiro atoms. The van der Waals surface area contributed by atoms with Crippen LogP contribution in [0.3, 0.4) is 0 Å². The first-order chi connectivity index (χ1) is 11.8. The Balaban J connectivity index is 2.06. The fraction of sp³-hybridized carbons (Fsp3) is 0.316. The molecule has 0 bridgehead atoms. The number of benzene rings is 2. The van der Waals surface area contributed by atoms with Crippen LogP contribution >= 0.6 is 0 Å². The SMILES string of the molecule is CC(C)(C)C(=O)ONCc1cc(CN)cc(Oc2ccc(F)cc2)c1. The van der Waals surface area contributed by atoms with Crippen LogP contribution in [0.2, 0.25) is 0 Å². The second-order valence-corrected chi connectivity index (χ2v) is 6.71. The van der Waals surface area contributed by atoms with E-state index in [0.717, 1.165) is 11.1 Å². The first-order valence-corrected chi connectivity index (χ1v) is 7.98. The van der Waals surface area contributed by atoms with Crippen LogP contribution in [-0.4, -0.2) is 5.97 Å². The van der Waals surface area contributed by atoms with Gasteiger partial charge in [-0.05, 0) is 68.3 Å². The second kappa shape index (κ2) is 8.09. The minimum absolute atomic E-state index is 0.315. The van der Waals surface area contributed by atoms with Gasteiger partial charge in [0.25, 0.3) is 0 Å². The van der Waals surface area contributed by atoms with E-state index >= 15 is 0 Å². The molecule has 0 unspecified atom stereocenters. The van der Waals surface area contributed by atoms with Gasteiger partial charge in [-0.3, -0.25) is 0 Å². The van der Waals surface area contributed by atoms with Crippen molar-refractivity contribution in [3.05, 3.63) is 59.4 Å². The summed E-state index contributed by atoms with van der Waals surface area (Å²) in [5.41, 5.74) is 9.53. The Labute approximate surface area is 146 Å². The Kier molecular flexibility index (Phi) is 6.12. The summed E-state index contributed by atoms with van der Waals surface area (Å²) >= 11 is 0. The average molecular weight is 346 g/mol. The smallest absolute Gasteiger partial charge is 0.329 e. The largest absolute Gasteiger partial charge is 0.457 e. The lowest BCUT2D eigenvalue weighted by atomic mass is 9.98. The fourth-order valence-electron chi connectivity index (χ4n) is 1.98. The molecular weight excluding hydrogens is 323 g/mol. The molecule has 25 heavy (non-hydrogen) atoms. The Morgan fingerprint density at radius 3 is 2.32 bits per heavy atom. The van der Waals surface area contributed by atoms with Crippen LogP contribution in [0.1, 0.15) is 31.9 Å². The van der Waals surface area contributed by atoms with Crippen molar-refractivity contribution < 1.29 is 18.8 Å². The molecule has 0 fully saturated rings. The highest BCUT2D eigenvalue weighted by molar-refractivity contribution is 5.75. The zero-order valence-electron chi connectivity index (χ0n) is 14.6. The number of ether oxygens (including phenoxy) is 1. The number of hydrogen-bond acceptors (Lipinski definition) is 5. The molecule has 0 aliphatic rings. The third-order valence-corrected chi connectivity index (χ3v) is 3.36. The topological polar surface area (TPSA) is 73.6 Å². The molecule has 0 aliphatic carbocycles. The Morgan fingerprint density at radius 2 is 1.72 bits per heavy atom. The maximum absolute atomic E-state index is 13.0. The van der Waals surface area contributed by atoms with Crippen molar-refractivity contribution in [2.75, 3.05) is 0 Å². The van der Waals surface area contributed by atoms with Gasteiger partial charge in [0, 0.05) is 6.54 Å². The van der Waals surface area contributed by atoms with Crippen molar-refractivity contribution >= 4 is 5.97 Å². The van der Waals surface area contributed by atoms with Crippen molar-refractivity contribution in [3.8, 4) is 11.5 Å². The van der Waals surface area contributed by atoms with E-state index in [1.807, 2.05) is 12.1 Å². The molecule has 2 rings (SSSR count). The lowest BCUT2D eigenvalue weighted by Gasteiger charge is -2.16. The minimum atomic E-state index is -0.580. The van der Waals surface area contributed by atoms with Gasteiger partial charge < -0.3 is 15.3 Å². The fourth-order valence-corrected chi connectivity index (χ4v) is 1.98. The van der Waals surface area contributed by atoms with Crippen molar-refractivity contribution in [1.29, 1.82) is 0 Å². The molecule has 0 aliphatic heterocycles. The first-order valence-electron chi connectivity index (χ1n) is 7.98. The van der Waals surface area contributed by atoms with Crippen LogP contribution in [0, 0.1) is 11.2 Å². The molecule has 0 amide bonds. The number of nitrogens with two attached hydrogens (primary N) is 1. The number of halogens is 1. The molecule has 0 aromatic heterocycles. The highest BCUT2D eigenvalue weighted by Gasteiger charge is 2.23. The van der Waals surface area contributed by atoms with Crippen LogP contribution < -0.4 is 16.0 Å². The summed E-state index contributed by atoms with van der Waals surface area (Å²) in [6.07, 6.45) is 0. The molecule has 0 atom stereocenters. The molecular formula is C19H23FN2O3. The molecule has 134 valence electrons. The summed E-state index contributed by atoms with van der Waals surface area (Å²) in [4.78, 5) is 16.8. The number of rotatable bonds is 6. The minimum Gasteiger partial charge on any atom is -0.457 e. The van der Waals surface area contributed by atoms with Gasteiger partial charge >= 0.3 is 5.97 Å². The normalized spacial score (nSPS) is 11.2. The van der Waals surface area contributed by atoms with Gasteiger partial charge in [-0.15, -0.1) is 5.48 Å². The van der Waals surface area contributed by atoms with Gasteiger partial charge in [-0.1, -0.05) is 6.07 Å². The summed E-state index contributed by atoms with van der Waals surface area (Å²) in [6.45, 7) is 5.99. The standard InChI is InChI=1S/C19H23FN2O3/c1-19(2,3)18(23)25-22-12-14-8-13(11-21)9-17(10-14)24-16-6-4-15(20)5-7-16/h4-10,22H,11-12,21H2,1-3H3. The third kappa shape index (κ3) is 5.85. The van der Waals surface area contributed by atoms with Gasteiger partial charge in [0.2, 0.25) is 0 Å². The molecule has 0 saturated carbocycles. The molecule has 5 nitrogen and oxygen atoms in total. The van der Waals surface area contributed by atoms with E-state index in [1.54, 1.807) is 39.0 Å². The Hall–Kier alpha value is -2.44. The molecule has 0 heterocycles. The molecule has 0 radical (unpaired) electrons. The summed E-state index contributed by atoms with van der Waals surface area (Å²) in [7, 11) is 0. The van der Waals surface area contributed by atoms with E-state index in [-0.39, 0.29) is 11.8 Å². The lowest BCUT2D eigenvalue weighted by Crippen LogP contribution is -2.29. The molecule has 2 aromatic carbocycles. The number of carbonyl (C=O) groups excluding carboxylic acids is 1. The quantitative estimate of drug-likeness (QED) is 0.781. The Bertz CT molecular complexity index is 724. The van der Waals surface area contributed by atoms with Crippen molar-refractivity contribution in [1.82, 2.24) is 5.48 Å². The average Bonchev–Trinajstić information content (AvgIpc) is 2.56. The summed E-state index contributed by atoms with van der Waals surface area (Å²) in [6, 6.07) is 11.3. The third-order valence-electron chi connectivity index (χ3n) is 3.36. The Morgan fingerprint density at radius 1 is 1.08 bits per heavy atom. The van der Waals surface area contributed by atoms with Crippen molar-refractivity contribution in [3.63, 3.8) is 0 Å². The number of hydrogen-bond donors (Lipinski definition) is 2. The highest BCUT2D eigenvalue weighted by atomic mass is 19.1. The van der Waals surface area contributed by atoms with Crippen LogP contribution in [-0.2, 0) is 22.7 Å². The summed E-state index contributed by atoms with van der Waals surface area (Å²) in [5.74, 6) is 0.432. The first kappa shape index (κ1) is 18.9. The monoisotopic (exact) mass is 346 g/mol. The van der Waals surface area contributed by atoms with Gasteiger partial charge in [0.05, 0.1) is 12.0 Å². The van der Waals surface area contributed by atoms with E-state index in [0.29, 0.717) is 24.6 Å². The van der Waals surface area contributed by atoms with E-state index in [4.69, 9.17) is 15.3 Å². The molecule has 2 aromatic rings. The van der Waals surface area contributed by atoms with Crippen LogP contribution in [0.15, 0.2) is 42.5 Å². The molecule has 6 heteroatoms. The summed E-state index contributed by atoms with van der Waals surface area (Å²) < 4.78 is 18.7. The maximum Gasteiger partial charge on any atom is 0.329 e.